The number of aryl methyl sites for hydroxylation is 2. The molecule has 0 aliphatic heterocycles. The summed E-state index contributed by atoms with van der Waals surface area (Å²) in [7, 11) is 0. The van der Waals surface area contributed by atoms with Crippen molar-refractivity contribution in [1.29, 1.82) is 0 Å². The highest BCUT2D eigenvalue weighted by Crippen LogP contribution is 2.52. The van der Waals surface area contributed by atoms with Gasteiger partial charge in [0.1, 0.15) is 24.7 Å². The molecule has 6 heteroatoms. The number of phenolic OH excluding ortho intramolecular Hbond substituents is 2. The van der Waals surface area contributed by atoms with Gasteiger partial charge in [0.15, 0.2) is 0 Å². The van der Waals surface area contributed by atoms with Crippen LogP contribution in [0.15, 0.2) is 36.4 Å². The fourth-order valence-electron chi connectivity index (χ4n) is 7.48. The molecule has 0 spiro atoms. The van der Waals surface area contributed by atoms with Crippen LogP contribution in [0.3, 0.4) is 0 Å². The highest BCUT2D eigenvalue weighted by atomic mass is 16.5. The molecule has 0 heterocycles. The largest absolute Gasteiger partial charge is 0.507 e. The third-order valence-corrected chi connectivity index (χ3v) is 10.5. The molecule has 6 nitrogen and oxygen atoms in total. The zero-order valence-corrected chi connectivity index (χ0v) is 32.3. The summed E-state index contributed by atoms with van der Waals surface area (Å²) in [5.41, 5.74) is 4.16. The summed E-state index contributed by atoms with van der Waals surface area (Å²) in [5, 5.41) is 22.2. The summed E-state index contributed by atoms with van der Waals surface area (Å²) in [4.78, 5) is 26.3. The molecule has 0 amide bonds. The number of ether oxygens (including phenoxy) is 2. The van der Waals surface area contributed by atoms with Gasteiger partial charge >= 0.3 is 11.9 Å². The van der Waals surface area contributed by atoms with Crippen molar-refractivity contribution in [1.82, 2.24) is 0 Å². The summed E-state index contributed by atoms with van der Waals surface area (Å²) >= 11 is 0. The number of rotatable bonds is 10. The average molecular weight is 675 g/mol. The predicted octanol–water partition coefficient (Wildman–Crippen LogP) is 9.52. The van der Waals surface area contributed by atoms with Crippen LogP contribution in [0.4, 0.5) is 0 Å². The highest BCUT2D eigenvalue weighted by molar-refractivity contribution is 5.70. The normalized spacial score (nSPS) is 18.9. The number of esters is 2. The van der Waals surface area contributed by atoms with Gasteiger partial charge in [0.05, 0.1) is 0 Å². The number of benzene rings is 2. The molecule has 2 bridgehead atoms. The Morgan fingerprint density at radius 2 is 0.980 bits per heavy atom. The Hall–Kier alpha value is -3.28. The lowest BCUT2D eigenvalue weighted by Crippen LogP contribution is -2.38. The first kappa shape index (κ1) is 38.5. The first-order valence-corrected chi connectivity index (χ1v) is 18.1. The van der Waals surface area contributed by atoms with E-state index in [2.05, 4.69) is 95.2 Å². The van der Waals surface area contributed by atoms with Crippen LogP contribution in [0.5, 0.6) is 11.5 Å². The third kappa shape index (κ3) is 9.10. The number of phenols is 2. The second kappa shape index (κ2) is 13.8. The zero-order valence-electron chi connectivity index (χ0n) is 32.3. The van der Waals surface area contributed by atoms with E-state index in [1.807, 2.05) is 24.3 Å². The van der Waals surface area contributed by atoms with Gasteiger partial charge in [-0.2, -0.15) is 0 Å². The van der Waals surface area contributed by atoms with Crippen LogP contribution in [0, 0.1) is 17.3 Å². The lowest BCUT2D eigenvalue weighted by Gasteiger charge is -2.34. The van der Waals surface area contributed by atoms with Gasteiger partial charge < -0.3 is 19.7 Å². The van der Waals surface area contributed by atoms with E-state index < -0.39 is 5.41 Å². The van der Waals surface area contributed by atoms with Crippen molar-refractivity contribution in [3.8, 4) is 11.5 Å². The molecule has 2 N–H and O–H groups in total. The molecule has 2 aromatic rings. The highest BCUT2D eigenvalue weighted by Gasteiger charge is 2.50. The molecule has 0 unspecified atom stereocenters. The number of allylic oxidation sites excluding steroid dienone is 2. The van der Waals surface area contributed by atoms with Gasteiger partial charge in [0, 0.05) is 18.3 Å². The van der Waals surface area contributed by atoms with Crippen LogP contribution in [0.1, 0.15) is 142 Å². The Morgan fingerprint density at radius 1 is 0.633 bits per heavy atom. The number of aromatic hydroxyl groups is 2. The molecule has 1 fully saturated rings. The number of carbonyl (C=O) groups excluding carboxylic acids is 2. The summed E-state index contributed by atoms with van der Waals surface area (Å²) in [6.45, 7) is 25.5. The molecule has 0 radical (unpaired) electrons. The molecule has 2 aliphatic rings. The first-order valence-electron chi connectivity index (χ1n) is 18.1. The second-order valence-corrected chi connectivity index (χ2v) is 19.0. The number of carbonyl (C=O) groups is 2. The van der Waals surface area contributed by atoms with Crippen molar-refractivity contribution in [3.63, 3.8) is 0 Å². The van der Waals surface area contributed by atoms with Crippen molar-refractivity contribution in [3.05, 3.63) is 69.8 Å². The second-order valence-electron chi connectivity index (χ2n) is 19.0. The van der Waals surface area contributed by atoms with Crippen molar-refractivity contribution in [2.24, 2.45) is 17.3 Å². The quantitative estimate of drug-likeness (QED) is 0.193. The minimum atomic E-state index is -0.417. The maximum atomic E-state index is 13.2. The van der Waals surface area contributed by atoms with Crippen molar-refractivity contribution < 1.29 is 29.3 Å². The molecule has 2 aromatic carbocycles. The number of hydrogen-bond donors (Lipinski definition) is 2. The topological polar surface area (TPSA) is 93.1 Å². The Bertz CT molecular complexity index is 1400. The van der Waals surface area contributed by atoms with Gasteiger partial charge in [-0.25, -0.2) is 0 Å². The first-order chi connectivity index (χ1) is 22.4. The predicted molar refractivity (Wildman–Crippen MR) is 197 cm³/mol. The van der Waals surface area contributed by atoms with E-state index >= 15 is 0 Å². The monoisotopic (exact) mass is 674 g/mol. The van der Waals surface area contributed by atoms with E-state index in [0.717, 1.165) is 46.2 Å². The Morgan fingerprint density at radius 3 is 1.24 bits per heavy atom. The van der Waals surface area contributed by atoms with E-state index in [1.165, 1.54) is 0 Å². The van der Waals surface area contributed by atoms with E-state index in [4.69, 9.17) is 9.47 Å². The van der Waals surface area contributed by atoms with Crippen molar-refractivity contribution in [2.75, 3.05) is 13.2 Å². The molecule has 4 rings (SSSR count). The van der Waals surface area contributed by atoms with Crippen LogP contribution >= 0.6 is 0 Å². The van der Waals surface area contributed by atoms with Crippen LogP contribution in [-0.2, 0) is 53.6 Å². The fourth-order valence-corrected chi connectivity index (χ4v) is 7.48. The fraction of sp³-hybridized carbons (Fsp3) is 0.628. The summed E-state index contributed by atoms with van der Waals surface area (Å²) < 4.78 is 11.9. The minimum Gasteiger partial charge on any atom is -0.507 e. The molecular formula is C43H62O6. The van der Waals surface area contributed by atoms with Gasteiger partial charge in [-0.05, 0) is 92.6 Å². The van der Waals surface area contributed by atoms with E-state index in [1.54, 1.807) is 0 Å². The number of hydrogen-bond acceptors (Lipinski definition) is 6. The molecule has 0 aromatic heterocycles. The molecule has 2 aliphatic carbocycles. The molecule has 2 atom stereocenters. The minimum absolute atomic E-state index is 0.208. The van der Waals surface area contributed by atoms with Crippen LogP contribution in [0.2, 0.25) is 0 Å². The molecule has 0 saturated heterocycles. The van der Waals surface area contributed by atoms with Crippen molar-refractivity contribution >= 4 is 11.9 Å². The lowest BCUT2D eigenvalue weighted by atomic mass is 9.77. The molecular weight excluding hydrogens is 612 g/mol. The molecule has 49 heavy (non-hydrogen) atoms. The zero-order chi connectivity index (χ0) is 36.7. The molecule has 1 saturated carbocycles. The van der Waals surface area contributed by atoms with Crippen LogP contribution in [0.25, 0.3) is 0 Å². The van der Waals surface area contributed by atoms with E-state index in [0.29, 0.717) is 30.3 Å². The van der Waals surface area contributed by atoms with Crippen LogP contribution in [-0.4, -0.2) is 35.4 Å². The van der Waals surface area contributed by atoms with E-state index in [9.17, 15) is 19.8 Å². The maximum absolute atomic E-state index is 13.2. The Labute approximate surface area is 295 Å². The summed E-state index contributed by atoms with van der Waals surface area (Å²) in [5.74, 6) is 0.752. The Kier molecular flexibility index (Phi) is 10.8. The molecule has 270 valence electrons. The average Bonchev–Trinajstić information content (AvgIpc) is 3.57. The van der Waals surface area contributed by atoms with Gasteiger partial charge in [0.2, 0.25) is 0 Å². The van der Waals surface area contributed by atoms with E-state index in [-0.39, 0.29) is 65.6 Å². The lowest BCUT2D eigenvalue weighted by molar-refractivity contribution is -0.155. The summed E-state index contributed by atoms with van der Waals surface area (Å²) in [6, 6.07) is 8.08. The van der Waals surface area contributed by atoms with Crippen LogP contribution < -0.4 is 0 Å². The van der Waals surface area contributed by atoms with Gasteiger partial charge in [-0.1, -0.05) is 120 Å². The van der Waals surface area contributed by atoms with Gasteiger partial charge in [-0.15, -0.1) is 0 Å². The summed E-state index contributed by atoms with van der Waals surface area (Å²) in [6.07, 6.45) is 7.77. The number of fused-ring (bicyclic) bond motifs is 2. The Balaban J connectivity index is 1.40. The SMILES string of the molecule is CC(C)(C)c1cc(CCC(=O)OCC2(COC(=O)CCc3cc(C(C)(C)C)c(O)c(C(C)(C)C)c3)C[C@@H]3C=C[C@H]2C3)cc(C(C)(C)C)c1O. The maximum Gasteiger partial charge on any atom is 0.306 e. The standard InChI is InChI=1S/C43H62O6/c1-39(2,3)31-20-27(21-32(37(31)46)40(4,5)6)14-17-35(44)48-25-43(24-29-13-16-30(43)19-29)26-49-36(45)18-15-28-22-33(41(7,8)9)38(47)34(23-28)42(10,11)12/h13,16,20-23,29-30,46-47H,14-15,17-19,24-26H2,1-12H3/t29-,30+/m1/s1. The van der Waals surface area contributed by atoms with Gasteiger partial charge in [0.25, 0.3) is 0 Å². The third-order valence-electron chi connectivity index (χ3n) is 10.5. The van der Waals surface area contributed by atoms with Gasteiger partial charge in [-0.3, -0.25) is 9.59 Å². The van der Waals surface area contributed by atoms with Crippen molar-refractivity contribution in [2.45, 2.75) is 143 Å². The smallest absolute Gasteiger partial charge is 0.306 e.